The third kappa shape index (κ3) is 9.72. The van der Waals surface area contributed by atoms with E-state index in [1.165, 1.54) is 38.9 Å². The highest BCUT2D eigenvalue weighted by molar-refractivity contribution is 5.92. The summed E-state index contributed by atoms with van der Waals surface area (Å²) in [6.45, 7) is 26.8. The second kappa shape index (κ2) is 16.7. The number of fused-ring (bicyclic) bond motifs is 1. The summed E-state index contributed by atoms with van der Waals surface area (Å²) >= 11 is 0. The van der Waals surface area contributed by atoms with Crippen LogP contribution in [0.25, 0.3) is 16.5 Å². The number of aliphatic hydroxyl groups is 1. The number of benzene rings is 1. The summed E-state index contributed by atoms with van der Waals surface area (Å²) < 4.78 is 0. The molecule has 1 saturated heterocycles. The number of allylic oxidation sites excluding steroid dienone is 5. The molecular formula is C36H57N3O2. The molecule has 2 aromatic rings. The summed E-state index contributed by atoms with van der Waals surface area (Å²) in [5, 5.41) is 10.8. The van der Waals surface area contributed by atoms with Crippen LogP contribution in [0.3, 0.4) is 0 Å². The van der Waals surface area contributed by atoms with E-state index in [4.69, 9.17) is 0 Å². The molecule has 1 aromatic heterocycles. The first-order valence-corrected chi connectivity index (χ1v) is 15.8. The smallest absolute Gasteiger partial charge is 0.236 e. The van der Waals surface area contributed by atoms with Crippen LogP contribution in [-0.4, -0.2) is 65.1 Å². The van der Waals surface area contributed by atoms with Crippen LogP contribution in [0.2, 0.25) is 0 Å². The van der Waals surface area contributed by atoms with E-state index in [0.717, 1.165) is 44.5 Å². The van der Waals surface area contributed by atoms with E-state index in [1.54, 1.807) is 0 Å². The Hall–Kier alpha value is -2.63. The number of H-pyrrole nitrogens is 1. The number of amides is 1. The predicted octanol–water partition coefficient (Wildman–Crippen LogP) is 8.29. The van der Waals surface area contributed by atoms with E-state index in [1.807, 2.05) is 25.7 Å². The van der Waals surface area contributed by atoms with Crippen molar-refractivity contribution < 1.29 is 9.90 Å². The molecule has 2 heterocycles. The molecule has 1 aliphatic heterocycles. The third-order valence-electron chi connectivity index (χ3n) is 7.94. The SMILES string of the molecule is C=C(C)/C=C(\C=C(C)C)c1[nH]c2ccc(C3CCN(C(=O)CN(CCO)CC(C)CC)CC3)cc2c1C(C)C.CC. The van der Waals surface area contributed by atoms with Crippen molar-refractivity contribution in [2.24, 2.45) is 5.92 Å². The molecule has 0 aliphatic carbocycles. The van der Waals surface area contributed by atoms with E-state index in [-0.39, 0.29) is 12.5 Å². The normalized spacial score (nSPS) is 15.2. The van der Waals surface area contributed by atoms with Crippen molar-refractivity contribution in [1.29, 1.82) is 0 Å². The van der Waals surface area contributed by atoms with Crippen LogP contribution in [0, 0.1) is 5.92 Å². The number of aromatic nitrogens is 1. The van der Waals surface area contributed by atoms with E-state index in [2.05, 4.69) is 88.4 Å². The van der Waals surface area contributed by atoms with Gasteiger partial charge in [0, 0.05) is 42.8 Å². The van der Waals surface area contributed by atoms with Crippen molar-refractivity contribution in [2.45, 2.75) is 93.4 Å². The van der Waals surface area contributed by atoms with Gasteiger partial charge >= 0.3 is 0 Å². The first-order chi connectivity index (χ1) is 19.5. The van der Waals surface area contributed by atoms with Gasteiger partial charge in [-0.25, -0.2) is 0 Å². The van der Waals surface area contributed by atoms with Gasteiger partial charge in [0.15, 0.2) is 0 Å². The minimum atomic E-state index is 0.0896. The van der Waals surface area contributed by atoms with E-state index < -0.39 is 0 Å². The molecule has 41 heavy (non-hydrogen) atoms. The lowest BCUT2D eigenvalue weighted by Gasteiger charge is -2.34. The van der Waals surface area contributed by atoms with Crippen LogP contribution in [0.4, 0.5) is 0 Å². The first-order valence-electron chi connectivity index (χ1n) is 15.8. The molecule has 1 fully saturated rings. The predicted molar refractivity (Wildman–Crippen MR) is 177 cm³/mol. The number of carbonyl (C=O) groups is 1. The second-order valence-electron chi connectivity index (χ2n) is 12.2. The summed E-state index contributed by atoms with van der Waals surface area (Å²) in [4.78, 5) is 21.0. The van der Waals surface area contributed by atoms with Crippen molar-refractivity contribution in [1.82, 2.24) is 14.8 Å². The lowest BCUT2D eigenvalue weighted by atomic mass is 9.87. The molecule has 5 heteroatoms. The molecule has 1 aromatic carbocycles. The Bertz CT molecular complexity index is 1190. The number of hydrogen-bond donors (Lipinski definition) is 2. The minimum absolute atomic E-state index is 0.0896. The van der Waals surface area contributed by atoms with Crippen LogP contribution >= 0.6 is 0 Å². The van der Waals surface area contributed by atoms with Crippen molar-refractivity contribution in [3.63, 3.8) is 0 Å². The Balaban J connectivity index is 0.00000287. The lowest BCUT2D eigenvalue weighted by molar-refractivity contribution is -0.133. The van der Waals surface area contributed by atoms with Crippen LogP contribution < -0.4 is 0 Å². The number of piperidine rings is 1. The van der Waals surface area contributed by atoms with Gasteiger partial charge in [-0.3, -0.25) is 9.69 Å². The van der Waals surface area contributed by atoms with Crippen molar-refractivity contribution in [3.05, 3.63) is 64.9 Å². The molecule has 1 unspecified atom stereocenters. The van der Waals surface area contributed by atoms with Gasteiger partial charge in [0.2, 0.25) is 5.91 Å². The molecule has 228 valence electrons. The maximum absolute atomic E-state index is 13.1. The third-order valence-corrected chi connectivity index (χ3v) is 7.94. The number of likely N-dealkylation sites (tertiary alicyclic amines) is 1. The van der Waals surface area contributed by atoms with Gasteiger partial charge in [0.05, 0.1) is 13.2 Å². The topological polar surface area (TPSA) is 59.6 Å². The van der Waals surface area contributed by atoms with Crippen LogP contribution in [0.5, 0.6) is 0 Å². The molecule has 1 amide bonds. The highest BCUT2D eigenvalue weighted by Gasteiger charge is 2.26. The molecule has 0 bridgehead atoms. The highest BCUT2D eigenvalue weighted by atomic mass is 16.3. The number of aromatic amines is 1. The molecule has 0 spiro atoms. The van der Waals surface area contributed by atoms with Crippen LogP contribution in [0.15, 0.2) is 48.1 Å². The zero-order valence-electron chi connectivity index (χ0n) is 27.4. The average molecular weight is 564 g/mol. The van der Waals surface area contributed by atoms with Crippen molar-refractivity contribution in [3.8, 4) is 0 Å². The standard InChI is InChI=1S/C34H51N3O2.C2H6/c1-9-26(8)21-36(16-17-38)22-32(39)37-14-12-27(13-15-37)28-10-11-31-30(20-28)33(25(6)7)34(35-31)29(18-23(2)3)19-24(4)5;1-2/h10-11,18-20,25-27,35,38H,2,9,12-17,21-22H2,1,3-8H3;1-2H3/b29-18+;. The largest absolute Gasteiger partial charge is 0.395 e. The zero-order chi connectivity index (χ0) is 30.7. The average Bonchev–Trinajstić information content (AvgIpc) is 3.32. The van der Waals surface area contributed by atoms with Gasteiger partial charge in [-0.15, -0.1) is 0 Å². The van der Waals surface area contributed by atoms with Gasteiger partial charge in [-0.1, -0.05) is 83.9 Å². The summed E-state index contributed by atoms with van der Waals surface area (Å²) in [7, 11) is 0. The Morgan fingerprint density at radius 2 is 1.80 bits per heavy atom. The molecule has 0 saturated carbocycles. The van der Waals surface area contributed by atoms with Gasteiger partial charge in [0.25, 0.3) is 0 Å². The minimum Gasteiger partial charge on any atom is -0.395 e. The molecule has 2 N–H and O–H groups in total. The van der Waals surface area contributed by atoms with E-state index in [9.17, 15) is 9.90 Å². The number of carbonyl (C=O) groups excluding carboxylic acids is 1. The maximum atomic E-state index is 13.1. The van der Waals surface area contributed by atoms with Crippen molar-refractivity contribution >= 4 is 22.4 Å². The van der Waals surface area contributed by atoms with E-state index >= 15 is 0 Å². The quantitative estimate of drug-likeness (QED) is 0.255. The molecule has 5 nitrogen and oxygen atoms in total. The fraction of sp³-hybridized carbons (Fsp3) is 0.583. The maximum Gasteiger partial charge on any atom is 0.236 e. The highest BCUT2D eigenvalue weighted by Crippen LogP contribution is 2.37. The second-order valence-corrected chi connectivity index (χ2v) is 12.2. The van der Waals surface area contributed by atoms with Crippen LogP contribution in [0.1, 0.15) is 110 Å². The van der Waals surface area contributed by atoms with Gasteiger partial charge in [-0.05, 0) is 80.2 Å². The van der Waals surface area contributed by atoms with Gasteiger partial charge < -0.3 is 15.0 Å². The van der Waals surface area contributed by atoms with E-state index in [0.29, 0.717) is 30.8 Å². The number of aliphatic hydroxyl groups excluding tert-OH is 1. The molecule has 1 aliphatic rings. The summed E-state index contributed by atoms with van der Waals surface area (Å²) in [6.07, 6.45) is 7.45. The lowest BCUT2D eigenvalue weighted by Crippen LogP contribution is -2.45. The Morgan fingerprint density at radius 3 is 2.34 bits per heavy atom. The summed E-state index contributed by atoms with van der Waals surface area (Å²) in [5.74, 6) is 1.53. The monoisotopic (exact) mass is 563 g/mol. The summed E-state index contributed by atoms with van der Waals surface area (Å²) in [6, 6.07) is 6.90. The fourth-order valence-electron chi connectivity index (χ4n) is 5.77. The van der Waals surface area contributed by atoms with Gasteiger partial charge in [0.1, 0.15) is 0 Å². The number of rotatable bonds is 12. The Kier molecular flexibility index (Phi) is 14.1. The van der Waals surface area contributed by atoms with Gasteiger partial charge in [-0.2, -0.15) is 0 Å². The first kappa shape index (κ1) is 34.6. The number of nitrogens with one attached hydrogen (secondary N) is 1. The number of hydrogen-bond acceptors (Lipinski definition) is 3. The molecule has 3 rings (SSSR count). The summed E-state index contributed by atoms with van der Waals surface area (Å²) in [5.41, 5.74) is 8.56. The fourth-order valence-corrected chi connectivity index (χ4v) is 5.77. The number of nitrogens with zero attached hydrogens (tertiary/aromatic N) is 2. The Labute approximate surface area is 250 Å². The Morgan fingerprint density at radius 1 is 1.15 bits per heavy atom. The molecule has 0 radical (unpaired) electrons. The molecule has 1 atom stereocenters. The van der Waals surface area contributed by atoms with Crippen molar-refractivity contribution in [2.75, 3.05) is 39.3 Å². The zero-order valence-corrected chi connectivity index (χ0v) is 27.4. The van der Waals surface area contributed by atoms with Crippen LogP contribution in [-0.2, 0) is 4.79 Å². The molecular weight excluding hydrogens is 506 g/mol.